The van der Waals surface area contributed by atoms with Crippen molar-refractivity contribution in [2.24, 2.45) is 5.73 Å². The van der Waals surface area contributed by atoms with Gasteiger partial charge in [-0.05, 0) is 45.4 Å². The molecule has 218 valence electrons. The third kappa shape index (κ3) is 6.80. The Kier molecular flexibility index (Phi) is 8.26. The molecule has 0 spiro atoms. The van der Waals surface area contributed by atoms with Gasteiger partial charge in [-0.2, -0.15) is 0 Å². The van der Waals surface area contributed by atoms with Crippen LogP contribution in [0.2, 0.25) is 0 Å². The first-order valence-electron chi connectivity index (χ1n) is 12.4. The Morgan fingerprint density at radius 1 is 1.30 bits per heavy atom. The quantitative estimate of drug-likeness (QED) is 0.169. The first-order chi connectivity index (χ1) is 18.6. The summed E-state index contributed by atoms with van der Waals surface area (Å²) in [4.78, 5) is 24.9. The summed E-state index contributed by atoms with van der Waals surface area (Å²) in [6.07, 6.45) is 0.0231. The fraction of sp³-hybridized carbons (Fsp3) is 0.500. The predicted octanol–water partition coefficient (Wildman–Crippen LogP) is 1.51. The van der Waals surface area contributed by atoms with Gasteiger partial charge in [-0.3, -0.25) is 15.3 Å². The summed E-state index contributed by atoms with van der Waals surface area (Å²) in [5.74, 6) is -1.82. The van der Waals surface area contributed by atoms with Gasteiger partial charge < -0.3 is 20.5 Å². The van der Waals surface area contributed by atoms with E-state index in [0.717, 1.165) is 23.2 Å². The van der Waals surface area contributed by atoms with Gasteiger partial charge in [-0.15, -0.1) is 4.83 Å². The van der Waals surface area contributed by atoms with Crippen LogP contribution in [0, 0.1) is 17.0 Å². The minimum absolute atomic E-state index is 0.0204. The number of amides is 1. The van der Waals surface area contributed by atoms with Crippen LogP contribution in [0.25, 0.3) is 0 Å². The zero-order chi connectivity index (χ0) is 29.4. The molecule has 0 aliphatic carbocycles. The van der Waals surface area contributed by atoms with Gasteiger partial charge in [0.2, 0.25) is 5.96 Å². The van der Waals surface area contributed by atoms with Crippen LogP contribution in [0.5, 0.6) is 0 Å². The molecule has 2 aliphatic rings. The first-order valence-corrected chi connectivity index (χ1v) is 13.9. The van der Waals surface area contributed by atoms with Crippen LogP contribution in [0.3, 0.4) is 0 Å². The summed E-state index contributed by atoms with van der Waals surface area (Å²) in [5, 5.41) is 10.4. The lowest BCUT2D eigenvalue weighted by Gasteiger charge is -2.40. The second-order valence-corrected chi connectivity index (χ2v) is 12.2. The second kappa shape index (κ2) is 11.2. The number of nitrogens with zero attached hydrogens (tertiary/aromatic N) is 4. The summed E-state index contributed by atoms with van der Waals surface area (Å²) in [6.45, 7) is 5.89. The number of carbonyl (C=O) groups is 1. The van der Waals surface area contributed by atoms with Crippen molar-refractivity contribution in [3.05, 3.63) is 52.9 Å². The smallest absolute Gasteiger partial charge is 0.407 e. The highest BCUT2D eigenvalue weighted by Gasteiger charge is 2.40. The zero-order valence-corrected chi connectivity index (χ0v) is 23.3. The number of hydrogen-bond acceptors (Lipinski definition) is 9. The number of hydrazine groups is 1. The summed E-state index contributed by atoms with van der Waals surface area (Å²) in [7, 11) is -2.92. The Hall–Kier alpha value is -3.47. The van der Waals surface area contributed by atoms with Crippen molar-refractivity contribution in [3.63, 3.8) is 0 Å². The molecule has 16 heteroatoms. The maximum absolute atomic E-state index is 14.7. The number of rotatable bonds is 6. The van der Waals surface area contributed by atoms with E-state index in [9.17, 15) is 22.0 Å². The number of hydrogen-bond donors (Lipinski definition) is 4. The van der Waals surface area contributed by atoms with E-state index in [-0.39, 0.29) is 24.8 Å². The summed E-state index contributed by atoms with van der Waals surface area (Å²) < 4.78 is 65.3. The van der Waals surface area contributed by atoms with Crippen LogP contribution in [0.4, 0.5) is 13.6 Å². The maximum atomic E-state index is 14.7. The molecule has 1 saturated heterocycles. The highest BCUT2D eigenvalue weighted by atomic mass is 32.2. The van der Waals surface area contributed by atoms with Gasteiger partial charge in [0.15, 0.2) is 0 Å². The minimum Gasteiger partial charge on any atom is -0.444 e. The fourth-order valence-electron chi connectivity index (χ4n) is 4.52. The number of aromatic nitrogens is 2. The number of sulfonamides is 1. The van der Waals surface area contributed by atoms with E-state index in [1.165, 1.54) is 13.2 Å². The number of halogens is 2. The standard InChI is InChI=1S/C24H32F2N8O5S/c1-24(2,3)39-23(35)31-18-8-15(12-38-20(18)16-7-14(25)5-6-17(16)26)34-10-13-9-29-22(30-19(13)11-34)40(36,37)32-33(4)21(27)28/h5-7,9,15,18,20,32H,8,10-12H2,1-4H3,(H3,27,28)(H,31,35)/t15-,18+,20-/m1/s1. The first kappa shape index (κ1) is 29.5. The molecule has 0 bridgehead atoms. The average molecular weight is 583 g/mol. The molecule has 3 heterocycles. The van der Waals surface area contributed by atoms with Crippen molar-refractivity contribution < 1.29 is 31.5 Å². The molecular weight excluding hydrogens is 550 g/mol. The van der Waals surface area contributed by atoms with E-state index in [0.29, 0.717) is 24.2 Å². The lowest BCUT2D eigenvalue weighted by Crippen LogP contribution is -2.52. The van der Waals surface area contributed by atoms with Crippen molar-refractivity contribution in [1.82, 2.24) is 30.0 Å². The number of carbonyl (C=O) groups excluding carboxylic acids is 1. The molecule has 1 aromatic heterocycles. The molecule has 1 amide bonds. The molecule has 4 rings (SSSR count). The average Bonchev–Trinajstić information content (AvgIpc) is 3.28. The lowest BCUT2D eigenvalue weighted by molar-refractivity contribution is -0.0628. The molecule has 40 heavy (non-hydrogen) atoms. The molecule has 13 nitrogen and oxygen atoms in total. The van der Waals surface area contributed by atoms with Gasteiger partial charge in [0.05, 0.1) is 18.3 Å². The van der Waals surface area contributed by atoms with Crippen molar-refractivity contribution in [2.75, 3.05) is 13.7 Å². The van der Waals surface area contributed by atoms with E-state index in [4.69, 9.17) is 20.6 Å². The normalized spacial score (nSPS) is 21.5. The third-order valence-corrected chi connectivity index (χ3v) is 7.55. The van der Waals surface area contributed by atoms with Gasteiger partial charge in [0.1, 0.15) is 23.3 Å². The third-order valence-electron chi connectivity index (χ3n) is 6.36. The SMILES string of the molecule is CN(NS(=O)(=O)c1ncc2c(n1)CN([C@H]1CO[C@H](c3cc(F)ccc3F)[C@@H](NC(=O)OC(C)(C)C)C1)C2)C(=N)N. The van der Waals surface area contributed by atoms with Gasteiger partial charge in [-0.1, -0.05) is 0 Å². The number of guanidine groups is 1. The number of fused-ring (bicyclic) bond motifs is 1. The summed E-state index contributed by atoms with van der Waals surface area (Å²) in [6, 6.07) is 2.01. The monoisotopic (exact) mass is 582 g/mol. The van der Waals surface area contributed by atoms with Crippen LogP contribution in [-0.4, -0.2) is 71.7 Å². The number of benzene rings is 1. The molecule has 0 unspecified atom stereocenters. The number of alkyl carbamates (subject to hydrolysis) is 1. The Balaban J connectivity index is 1.52. The lowest BCUT2D eigenvalue weighted by atomic mass is 9.92. The van der Waals surface area contributed by atoms with Crippen LogP contribution in [-0.2, 0) is 32.6 Å². The van der Waals surface area contributed by atoms with Crippen LogP contribution >= 0.6 is 0 Å². The van der Waals surface area contributed by atoms with Crippen LogP contribution in [0.1, 0.15) is 50.1 Å². The van der Waals surface area contributed by atoms with E-state index in [1.807, 2.05) is 4.90 Å². The Morgan fingerprint density at radius 2 is 2.02 bits per heavy atom. The molecule has 1 aromatic carbocycles. The number of ether oxygens (including phenoxy) is 2. The van der Waals surface area contributed by atoms with Gasteiger partial charge in [0, 0.05) is 43.5 Å². The van der Waals surface area contributed by atoms with Crippen molar-refractivity contribution in [3.8, 4) is 0 Å². The molecule has 2 aliphatic heterocycles. The summed E-state index contributed by atoms with van der Waals surface area (Å²) >= 11 is 0. The largest absolute Gasteiger partial charge is 0.444 e. The molecule has 0 radical (unpaired) electrons. The number of nitrogens with one attached hydrogen (secondary N) is 3. The second-order valence-electron chi connectivity index (χ2n) is 10.6. The van der Waals surface area contributed by atoms with E-state index >= 15 is 0 Å². The highest BCUT2D eigenvalue weighted by Crippen LogP contribution is 2.35. The van der Waals surface area contributed by atoms with Gasteiger partial charge in [0.25, 0.3) is 15.2 Å². The van der Waals surface area contributed by atoms with Crippen LogP contribution in [0.15, 0.2) is 29.6 Å². The molecule has 3 atom stereocenters. The molecule has 2 aromatic rings. The molecule has 5 N–H and O–H groups in total. The predicted molar refractivity (Wildman–Crippen MR) is 138 cm³/mol. The van der Waals surface area contributed by atoms with E-state index in [2.05, 4.69) is 20.1 Å². The summed E-state index contributed by atoms with van der Waals surface area (Å²) in [5.41, 5.74) is 5.68. The van der Waals surface area contributed by atoms with Crippen molar-refractivity contribution in [2.45, 2.75) is 69.2 Å². The maximum Gasteiger partial charge on any atom is 0.407 e. The fourth-order valence-corrected chi connectivity index (χ4v) is 5.48. The Bertz CT molecular complexity index is 1400. The molecular formula is C24H32F2N8O5S. The number of nitrogens with two attached hydrogens (primary N) is 1. The molecule has 0 saturated carbocycles. The van der Waals surface area contributed by atoms with Crippen LogP contribution < -0.4 is 15.9 Å². The van der Waals surface area contributed by atoms with E-state index < -0.39 is 56.6 Å². The highest BCUT2D eigenvalue weighted by molar-refractivity contribution is 7.89. The minimum atomic E-state index is -4.19. The van der Waals surface area contributed by atoms with Crippen molar-refractivity contribution in [1.29, 1.82) is 5.41 Å². The Labute approximate surface area is 230 Å². The topological polar surface area (TPSA) is 176 Å². The van der Waals surface area contributed by atoms with Gasteiger partial charge in [-0.25, -0.2) is 32.0 Å². The zero-order valence-electron chi connectivity index (χ0n) is 22.4. The van der Waals surface area contributed by atoms with Gasteiger partial charge >= 0.3 is 6.09 Å². The van der Waals surface area contributed by atoms with Crippen molar-refractivity contribution >= 4 is 22.1 Å². The molecule has 1 fully saturated rings. The van der Waals surface area contributed by atoms with E-state index in [1.54, 1.807) is 20.8 Å². The Morgan fingerprint density at radius 3 is 2.70 bits per heavy atom.